The molecule has 0 radical (unpaired) electrons. The summed E-state index contributed by atoms with van der Waals surface area (Å²) >= 11 is 3.33. The Morgan fingerprint density at radius 3 is 2.00 bits per heavy atom. The third kappa shape index (κ3) is 5.54. The van der Waals surface area contributed by atoms with Crippen LogP contribution in [0, 0.1) is 0 Å². The third-order valence-electron chi connectivity index (χ3n) is 3.27. The van der Waals surface area contributed by atoms with Gasteiger partial charge in [-0.25, -0.2) is 0 Å². The van der Waals surface area contributed by atoms with Gasteiger partial charge in [-0.15, -0.1) is 0 Å². The predicted molar refractivity (Wildman–Crippen MR) is 82.6 cm³/mol. The van der Waals surface area contributed by atoms with Gasteiger partial charge in [0.2, 0.25) is 0 Å². The molecule has 0 fully saturated rings. The Morgan fingerprint density at radius 2 is 1.43 bits per heavy atom. The van der Waals surface area contributed by atoms with Gasteiger partial charge in [0.1, 0.15) is 0 Å². The largest absolute Gasteiger partial charge is 0.389 e. The van der Waals surface area contributed by atoms with Gasteiger partial charge in [0.05, 0.1) is 0 Å². The van der Waals surface area contributed by atoms with E-state index in [1.807, 2.05) is 42.5 Å². The van der Waals surface area contributed by atoms with Crippen LogP contribution in [0.4, 0.5) is 13.2 Å². The van der Waals surface area contributed by atoms with Crippen LogP contribution < -0.4 is 0 Å². The molecule has 112 valence electrons. The van der Waals surface area contributed by atoms with Gasteiger partial charge in [-0.05, 0) is 29.5 Å². The lowest BCUT2D eigenvalue weighted by Gasteiger charge is -2.12. The molecule has 0 N–H and O–H groups in total. The summed E-state index contributed by atoms with van der Waals surface area (Å²) in [5, 5.41) is 0. The summed E-state index contributed by atoms with van der Waals surface area (Å²) in [4.78, 5) is -0.259. The van der Waals surface area contributed by atoms with E-state index in [-0.39, 0.29) is 11.2 Å². The molecule has 0 saturated heterocycles. The zero-order chi connectivity index (χ0) is 15.3. The van der Waals surface area contributed by atoms with Crippen LogP contribution in [0.25, 0.3) is 0 Å². The Bertz CT molecular complexity index is 546. The molecule has 0 aliphatic heterocycles. The van der Waals surface area contributed by atoms with Gasteiger partial charge in [-0.2, -0.15) is 13.2 Å². The standard InChI is InChI=1S/C17H16BrF3/c18-16(10-11-17(19,20)21)15-8-6-14(7-9-15)12-13-4-2-1-3-5-13/h1-9,16H,10-12H2. The van der Waals surface area contributed by atoms with Gasteiger partial charge in [-0.3, -0.25) is 0 Å². The fourth-order valence-corrected chi connectivity index (χ4v) is 2.67. The predicted octanol–water partition coefficient (Wildman–Crippen LogP) is 6.06. The summed E-state index contributed by atoms with van der Waals surface area (Å²) in [6, 6.07) is 17.8. The Kier molecular flexibility index (Phi) is 5.45. The number of halogens is 4. The summed E-state index contributed by atoms with van der Waals surface area (Å²) < 4.78 is 36.7. The van der Waals surface area contributed by atoms with E-state index in [9.17, 15) is 13.2 Å². The average molecular weight is 357 g/mol. The molecular formula is C17H16BrF3. The van der Waals surface area contributed by atoms with Crippen molar-refractivity contribution >= 4 is 15.9 Å². The Morgan fingerprint density at radius 1 is 0.857 bits per heavy atom. The van der Waals surface area contributed by atoms with Gasteiger partial charge in [0, 0.05) is 11.2 Å². The van der Waals surface area contributed by atoms with Crippen LogP contribution in [0.1, 0.15) is 34.4 Å². The van der Waals surface area contributed by atoms with Crippen molar-refractivity contribution in [3.8, 4) is 0 Å². The number of benzene rings is 2. The number of hydrogen-bond acceptors (Lipinski definition) is 0. The summed E-state index contributed by atoms with van der Waals surface area (Å²) in [7, 11) is 0. The van der Waals surface area contributed by atoms with Crippen LogP contribution in [0.2, 0.25) is 0 Å². The highest BCUT2D eigenvalue weighted by Gasteiger charge is 2.28. The molecule has 0 saturated carbocycles. The van der Waals surface area contributed by atoms with E-state index in [4.69, 9.17) is 0 Å². The molecule has 2 rings (SSSR count). The van der Waals surface area contributed by atoms with Crippen molar-refractivity contribution in [3.05, 3.63) is 71.3 Å². The molecule has 0 nitrogen and oxygen atoms in total. The zero-order valence-electron chi connectivity index (χ0n) is 11.4. The molecule has 2 aromatic rings. The lowest BCUT2D eigenvalue weighted by molar-refractivity contribution is -0.135. The minimum atomic E-state index is -4.10. The SMILES string of the molecule is FC(F)(F)CCC(Br)c1ccc(Cc2ccccc2)cc1. The molecule has 0 amide bonds. The second kappa shape index (κ2) is 7.12. The van der Waals surface area contributed by atoms with Crippen molar-refractivity contribution in [1.29, 1.82) is 0 Å². The van der Waals surface area contributed by atoms with Crippen LogP contribution in [0.3, 0.4) is 0 Å². The van der Waals surface area contributed by atoms with E-state index in [0.29, 0.717) is 0 Å². The second-order valence-electron chi connectivity index (χ2n) is 5.03. The van der Waals surface area contributed by atoms with Gasteiger partial charge in [-0.1, -0.05) is 70.5 Å². The van der Waals surface area contributed by atoms with E-state index in [1.54, 1.807) is 0 Å². The highest BCUT2D eigenvalue weighted by molar-refractivity contribution is 9.09. The van der Waals surface area contributed by atoms with E-state index in [0.717, 1.165) is 17.5 Å². The van der Waals surface area contributed by atoms with Crippen LogP contribution in [-0.4, -0.2) is 6.18 Å². The maximum atomic E-state index is 12.2. The van der Waals surface area contributed by atoms with E-state index < -0.39 is 12.6 Å². The van der Waals surface area contributed by atoms with Crippen molar-refractivity contribution in [2.75, 3.05) is 0 Å². The highest BCUT2D eigenvalue weighted by atomic mass is 79.9. The van der Waals surface area contributed by atoms with Gasteiger partial charge >= 0.3 is 6.18 Å². The van der Waals surface area contributed by atoms with Crippen molar-refractivity contribution in [3.63, 3.8) is 0 Å². The van der Waals surface area contributed by atoms with Crippen molar-refractivity contribution in [2.24, 2.45) is 0 Å². The number of hydrogen-bond donors (Lipinski definition) is 0. The van der Waals surface area contributed by atoms with E-state index in [2.05, 4.69) is 28.1 Å². The normalized spacial score (nSPS) is 13.1. The van der Waals surface area contributed by atoms with Crippen LogP contribution in [0.5, 0.6) is 0 Å². The van der Waals surface area contributed by atoms with Crippen molar-refractivity contribution in [2.45, 2.75) is 30.3 Å². The molecule has 0 aliphatic carbocycles. The maximum absolute atomic E-state index is 12.2. The Balaban J connectivity index is 1.95. The first-order valence-electron chi connectivity index (χ1n) is 6.77. The molecule has 1 unspecified atom stereocenters. The first-order valence-corrected chi connectivity index (χ1v) is 7.69. The molecule has 1 atom stereocenters. The molecule has 0 heterocycles. The molecule has 2 aromatic carbocycles. The first-order chi connectivity index (χ1) is 9.94. The van der Waals surface area contributed by atoms with E-state index >= 15 is 0 Å². The molecule has 0 aliphatic rings. The van der Waals surface area contributed by atoms with Gasteiger partial charge < -0.3 is 0 Å². The van der Waals surface area contributed by atoms with Crippen LogP contribution in [0.15, 0.2) is 54.6 Å². The average Bonchev–Trinajstić information content (AvgIpc) is 2.46. The lowest BCUT2D eigenvalue weighted by Crippen LogP contribution is -2.08. The molecular weight excluding hydrogens is 341 g/mol. The second-order valence-corrected chi connectivity index (χ2v) is 6.13. The fourth-order valence-electron chi connectivity index (χ4n) is 2.13. The summed E-state index contributed by atoms with van der Waals surface area (Å²) in [5.41, 5.74) is 3.26. The fraction of sp³-hybridized carbons (Fsp3) is 0.294. The molecule has 0 aromatic heterocycles. The minimum Gasteiger partial charge on any atom is -0.171 e. The monoisotopic (exact) mass is 356 g/mol. The maximum Gasteiger partial charge on any atom is 0.389 e. The number of alkyl halides is 4. The minimum absolute atomic E-state index is 0.0571. The van der Waals surface area contributed by atoms with Crippen LogP contribution >= 0.6 is 15.9 Å². The van der Waals surface area contributed by atoms with E-state index in [1.165, 1.54) is 5.56 Å². The zero-order valence-corrected chi connectivity index (χ0v) is 13.0. The lowest BCUT2D eigenvalue weighted by atomic mass is 10.0. The molecule has 4 heteroatoms. The highest BCUT2D eigenvalue weighted by Crippen LogP contribution is 2.33. The summed E-state index contributed by atoms with van der Waals surface area (Å²) in [6.45, 7) is 0. The first kappa shape index (κ1) is 16.1. The van der Waals surface area contributed by atoms with Crippen molar-refractivity contribution in [1.82, 2.24) is 0 Å². The smallest absolute Gasteiger partial charge is 0.171 e. The molecule has 0 bridgehead atoms. The third-order valence-corrected chi connectivity index (χ3v) is 4.26. The van der Waals surface area contributed by atoms with Gasteiger partial charge in [0.25, 0.3) is 0 Å². The van der Waals surface area contributed by atoms with Crippen molar-refractivity contribution < 1.29 is 13.2 Å². The van der Waals surface area contributed by atoms with Crippen LogP contribution in [-0.2, 0) is 6.42 Å². The molecule has 0 spiro atoms. The summed E-state index contributed by atoms with van der Waals surface area (Å²) in [5.74, 6) is 0. The Hall–Kier alpha value is -1.29. The van der Waals surface area contributed by atoms with Gasteiger partial charge in [0.15, 0.2) is 0 Å². The number of rotatable bonds is 5. The summed E-state index contributed by atoms with van der Waals surface area (Å²) in [6.07, 6.45) is -3.98. The quantitative estimate of drug-likeness (QED) is 0.571. The topological polar surface area (TPSA) is 0 Å². The molecule has 21 heavy (non-hydrogen) atoms. The Labute approximate surface area is 131 Å².